The highest BCUT2D eigenvalue weighted by atomic mass is 19.1. The number of methoxy groups -OCH3 is 2. The molecule has 5 heterocycles. The van der Waals surface area contributed by atoms with E-state index in [-0.39, 0.29) is 41.5 Å². The van der Waals surface area contributed by atoms with Crippen LogP contribution in [0.15, 0.2) is 103 Å². The van der Waals surface area contributed by atoms with Gasteiger partial charge in [-0.15, -0.1) is 0 Å². The van der Waals surface area contributed by atoms with Crippen LogP contribution in [0.25, 0.3) is 0 Å². The summed E-state index contributed by atoms with van der Waals surface area (Å²) in [6.07, 6.45) is 14.8. The van der Waals surface area contributed by atoms with Crippen molar-refractivity contribution in [3.05, 3.63) is 159 Å². The molecule has 5 aromatic carbocycles. The van der Waals surface area contributed by atoms with Gasteiger partial charge in [0.2, 0.25) is 11.8 Å². The van der Waals surface area contributed by atoms with Gasteiger partial charge in [-0.2, -0.15) is 0 Å². The van der Waals surface area contributed by atoms with Gasteiger partial charge in [0.05, 0.1) is 38.4 Å². The van der Waals surface area contributed by atoms with Crippen LogP contribution in [0.2, 0.25) is 0 Å². The number of likely N-dealkylation sites (tertiary alicyclic amines) is 2. The van der Waals surface area contributed by atoms with Crippen molar-refractivity contribution in [3.8, 4) is 17.2 Å². The van der Waals surface area contributed by atoms with Gasteiger partial charge in [0.1, 0.15) is 17.4 Å². The van der Waals surface area contributed by atoms with Crippen molar-refractivity contribution in [2.75, 3.05) is 73.2 Å². The second-order valence-corrected chi connectivity index (χ2v) is 22.6. The predicted molar refractivity (Wildman–Crippen MR) is 300 cm³/mol. The fourth-order valence-electron chi connectivity index (χ4n) is 13.7. The summed E-state index contributed by atoms with van der Waals surface area (Å²) in [5.74, 6) is 2.80. The number of ether oxygens (including phenoxy) is 3. The maximum atomic E-state index is 14.1. The summed E-state index contributed by atoms with van der Waals surface area (Å²) >= 11 is 0. The molecule has 11 rings (SSSR count). The zero-order valence-corrected chi connectivity index (χ0v) is 46.1. The molecule has 414 valence electrons. The van der Waals surface area contributed by atoms with Crippen LogP contribution < -0.4 is 19.5 Å². The number of halogens is 2. The topological polar surface area (TPSA) is 104 Å². The summed E-state index contributed by atoms with van der Waals surface area (Å²) in [4.78, 5) is 48.8. The van der Waals surface area contributed by atoms with Crippen LogP contribution in [0.3, 0.4) is 0 Å². The second-order valence-electron chi connectivity index (χ2n) is 22.6. The van der Waals surface area contributed by atoms with Crippen molar-refractivity contribution in [2.24, 2.45) is 5.92 Å². The first-order valence-corrected chi connectivity index (χ1v) is 28.9. The number of nitrogens with one attached hydrogen (secondary N) is 1. The number of fused-ring (bicyclic) bond motifs is 3. The normalized spacial score (nSPS) is 20.7. The lowest BCUT2D eigenvalue weighted by Crippen LogP contribution is -2.53. The molecule has 2 unspecified atom stereocenters. The summed E-state index contributed by atoms with van der Waals surface area (Å²) in [5.41, 5.74) is 8.51. The Hall–Kier alpha value is -6.31. The molecule has 1 saturated carbocycles. The summed E-state index contributed by atoms with van der Waals surface area (Å²) < 4.78 is 44.9. The standard InChI is InChI=1S/C34H46FN3O4.C31H33FN2O2/c1-24(39)36-34(27-11-8-12-28(35)22-27)15-19-37(20-16-34)17-14-30-29-23-32(42-3)31(41-2)21-26(29)13-18-38(30)33(40)25-9-6-4-5-7-10-25;32-26-10-8-25(9-11-26)31(35)34-20-14-22-4-1-2-6-27(22)29(34)15-19-33-17-12-23(13-18-33)28-7-3-5-24-16-21-36-30(24)28/h8,11-12,21-23,25,30H,4-7,9-10,13-20H2,1-3H3,(H,36,39);1-11,23,29H,12-21H2. The van der Waals surface area contributed by atoms with Crippen molar-refractivity contribution in [1.29, 1.82) is 0 Å². The number of benzene rings is 5. The Morgan fingerprint density at radius 2 is 1.24 bits per heavy atom. The van der Waals surface area contributed by atoms with Crippen LogP contribution in [0, 0.1) is 17.6 Å². The van der Waals surface area contributed by atoms with Crippen LogP contribution in [0.5, 0.6) is 17.2 Å². The fourth-order valence-corrected chi connectivity index (χ4v) is 13.7. The number of para-hydroxylation sites is 1. The van der Waals surface area contributed by atoms with Crippen LogP contribution in [0.4, 0.5) is 8.78 Å². The van der Waals surface area contributed by atoms with E-state index in [2.05, 4.69) is 74.6 Å². The van der Waals surface area contributed by atoms with Gasteiger partial charge in [0.25, 0.3) is 5.91 Å². The van der Waals surface area contributed by atoms with Crippen LogP contribution in [-0.4, -0.2) is 111 Å². The molecular weight excluding hydrogens is 985 g/mol. The average molecular weight is 1060 g/mol. The third-order valence-corrected chi connectivity index (χ3v) is 18.0. The lowest BCUT2D eigenvalue weighted by molar-refractivity contribution is -0.139. The number of nitrogens with zero attached hydrogens (tertiary/aromatic N) is 4. The van der Waals surface area contributed by atoms with Gasteiger partial charge >= 0.3 is 0 Å². The van der Waals surface area contributed by atoms with E-state index in [1.807, 2.05) is 11.0 Å². The first-order chi connectivity index (χ1) is 38.0. The number of carbonyl (C=O) groups is 3. The van der Waals surface area contributed by atoms with E-state index in [4.69, 9.17) is 14.2 Å². The number of amides is 3. The van der Waals surface area contributed by atoms with Crippen LogP contribution in [0.1, 0.15) is 151 Å². The molecule has 1 N–H and O–H groups in total. The number of hydrogen-bond acceptors (Lipinski definition) is 8. The molecule has 5 aliphatic heterocycles. The highest BCUT2D eigenvalue weighted by Gasteiger charge is 2.40. The molecule has 0 bridgehead atoms. The molecule has 11 nitrogen and oxygen atoms in total. The Kier molecular flexibility index (Phi) is 17.8. The maximum Gasteiger partial charge on any atom is 0.254 e. The molecule has 78 heavy (non-hydrogen) atoms. The molecule has 2 atom stereocenters. The molecular formula is C65H79F2N5O6. The minimum absolute atomic E-state index is 0.00820. The van der Waals surface area contributed by atoms with E-state index in [1.54, 1.807) is 38.5 Å². The van der Waals surface area contributed by atoms with Crippen LogP contribution in [-0.2, 0) is 34.4 Å². The van der Waals surface area contributed by atoms with E-state index in [1.165, 1.54) is 65.8 Å². The molecule has 6 aliphatic rings. The number of hydrogen-bond donors (Lipinski definition) is 1. The Balaban J connectivity index is 0.000000178. The molecule has 13 heteroatoms. The highest BCUT2D eigenvalue weighted by molar-refractivity contribution is 5.94. The smallest absolute Gasteiger partial charge is 0.254 e. The van der Waals surface area contributed by atoms with Gasteiger partial charge in [0.15, 0.2) is 11.5 Å². The first kappa shape index (κ1) is 55.0. The van der Waals surface area contributed by atoms with Gasteiger partial charge in [-0.1, -0.05) is 80.3 Å². The van der Waals surface area contributed by atoms with Gasteiger partial charge < -0.3 is 39.1 Å². The molecule has 2 saturated heterocycles. The lowest BCUT2D eigenvalue weighted by Gasteiger charge is -2.44. The Bertz CT molecular complexity index is 2870. The van der Waals surface area contributed by atoms with E-state index < -0.39 is 5.54 Å². The molecule has 5 aromatic rings. The minimum Gasteiger partial charge on any atom is -0.493 e. The average Bonchev–Trinajstić information content (AvgIpc) is 3.80. The predicted octanol–water partition coefficient (Wildman–Crippen LogP) is 11.5. The van der Waals surface area contributed by atoms with Gasteiger partial charge in [-0.25, -0.2) is 8.78 Å². The zero-order valence-electron chi connectivity index (χ0n) is 46.1. The largest absolute Gasteiger partial charge is 0.493 e. The number of piperidine rings is 2. The quantitative estimate of drug-likeness (QED) is 0.116. The minimum atomic E-state index is -0.576. The fraction of sp³-hybridized carbons (Fsp3) is 0.492. The Morgan fingerprint density at radius 3 is 1.95 bits per heavy atom. The highest BCUT2D eigenvalue weighted by Crippen LogP contribution is 2.43. The summed E-state index contributed by atoms with van der Waals surface area (Å²) in [6.45, 7) is 9.21. The molecule has 0 spiro atoms. The van der Waals surface area contributed by atoms with Crippen LogP contribution >= 0.6 is 0 Å². The third-order valence-electron chi connectivity index (χ3n) is 18.0. The molecule has 1 aliphatic carbocycles. The van der Waals surface area contributed by atoms with E-state index in [9.17, 15) is 23.2 Å². The zero-order chi connectivity index (χ0) is 54.2. The van der Waals surface area contributed by atoms with E-state index in [0.29, 0.717) is 49.1 Å². The molecule has 0 radical (unpaired) electrons. The van der Waals surface area contributed by atoms with Gasteiger partial charge in [0, 0.05) is 64.1 Å². The number of carbonyl (C=O) groups excluding carboxylic acids is 3. The van der Waals surface area contributed by atoms with Gasteiger partial charge in [-0.05, 0) is 171 Å². The first-order valence-electron chi connectivity index (χ1n) is 28.9. The van der Waals surface area contributed by atoms with Crippen molar-refractivity contribution in [1.82, 2.24) is 24.9 Å². The lowest BCUT2D eigenvalue weighted by atomic mass is 9.80. The third kappa shape index (κ3) is 12.4. The Morgan fingerprint density at radius 1 is 0.615 bits per heavy atom. The molecule has 3 amide bonds. The summed E-state index contributed by atoms with van der Waals surface area (Å²) in [5, 5.41) is 3.15. The monoisotopic (exact) mass is 1060 g/mol. The van der Waals surface area contributed by atoms with Crippen molar-refractivity contribution >= 4 is 17.7 Å². The number of rotatable bonds is 13. The van der Waals surface area contributed by atoms with E-state index >= 15 is 0 Å². The van der Waals surface area contributed by atoms with Crippen molar-refractivity contribution < 1.29 is 37.4 Å². The molecule has 0 aromatic heterocycles. The molecule has 3 fully saturated rings. The second kappa shape index (κ2) is 25.2. The van der Waals surface area contributed by atoms with Crippen molar-refractivity contribution in [3.63, 3.8) is 0 Å². The summed E-state index contributed by atoms with van der Waals surface area (Å²) in [6, 6.07) is 31.9. The Labute approximate surface area is 460 Å². The van der Waals surface area contributed by atoms with Crippen molar-refractivity contribution in [2.45, 2.75) is 127 Å². The van der Waals surface area contributed by atoms with E-state index in [0.717, 1.165) is 139 Å². The maximum absolute atomic E-state index is 14.1. The SMILES string of the molecule is COc1cc2c(cc1OC)C(CCN1CCC(NC(C)=O)(c3cccc(F)c3)CC1)N(C(=O)C1CCCCCC1)CC2.O=C(c1ccc(F)cc1)N1CCc2ccccc2C1CCN1CCC(c2cccc3c2OCC3)CC1. The summed E-state index contributed by atoms with van der Waals surface area (Å²) in [7, 11) is 3.32. The van der Waals surface area contributed by atoms with Gasteiger partial charge in [-0.3, -0.25) is 14.4 Å².